The first kappa shape index (κ1) is 11.4. The Bertz CT molecular complexity index is 951. The first-order valence-corrected chi connectivity index (χ1v) is 7.11. The summed E-state index contributed by atoms with van der Waals surface area (Å²) in [4.78, 5) is 12.2. The van der Waals surface area contributed by atoms with Gasteiger partial charge in [0.25, 0.3) is 0 Å². The van der Waals surface area contributed by atoms with Crippen LogP contribution in [0.3, 0.4) is 0 Å². The Labute approximate surface area is 118 Å². The maximum Gasteiger partial charge on any atom is 0.190 e. The number of hydrogen-bond donors (Lipinski definition) is 0. The molecule has 3 nitrogen and oxygen atoms in total. The van der Waals surface area contributed by atoms with Crippen molar-refractivity contribution < 1.29 is 0 Å². The molecular weight excluding hydrogens is 268 g/mol. The summed E-state index contributed by atoms with van der Waals surface area (Å²) in [5.41, 5.74) is 0.967. The fraction of sp³-hybridized carbons (Fsp3) is 0. The summed E-state index contributed by atoms with van der Waals surface area (Å²) in [5, 5.41) is 7.19. The lowest BCUT2D eigenvalue weighted by Crippen LogP contribution is -2.02. The molecule has 2 heterocycles. The van der Waals surface area contributed by atoms with Crippen molar-refractivity contribution in [2.45, 2.75) is 0 Å². The van der Waals surface area contributed by atoms with Crippen molar-refractivity contribution in [2.24, 2.45) is 0 Å². The van der Waals surface area contributed by atoms with Gasteiger partial charge in [-0.3, -0.25) is 4.79 Å². The molecule has 0 saturated heterocycles. The summed E-state index contributed by atoms with van der Waals surface area (Å²) in [6.07, 6.45) is 1.95. The lowest BCUT2D eigenvalue weighted by Gasteiger charge is -2.01. The van der Waals surface area contributed by atoms with Gasteiger partial charge in [0.2, 0.25) is 0 Å². The molecule has 4 rings (SSSR count). The molecule has 0 spiro atoms. The minimum atomic E-state index is 0.0360. The maximum absolute atomic E-state index is 12.2. The highest BCUT2D eigenvalue weighted by molar-refractivity contribution is 7.20. The van der Waals surface area contributed by atoms with Gasteiger partial charge in [0.1, 0.15) is 5.00 Å². The van der Waals surface area contributed by atoms with Gasteiger partial charge in [-0.05, 0) is 18.2 Å². The average molecular weight is 278 g/mol. The standard InChI is InChI=1S/C16H10N2OS/c19-14-9-16(20-15-8-4-2-6-12(14)15)18-10-11-5-1-3-7-13(11)17-18/h1-10H. The second-order valence-corrected chi connectivity index (χ2v) is 5.64. The van der Waals surface area contributed by atoms with Crippen LogP contribution in [0.25, 0.3) is 26.0 Å². The van der Waals surface area contributed by atoms with Crippen molar-refractivity contribution in [1.82, 2.24) is 9.78 Å². The third-order valence-electron chi connectivity index (χ3n) is 3.26. The first-order chi connectivity index (χ1) is 9.81. The normalized spacial score (nSPS) is 11.2. The van der Waals surface area contributed by atoms with Gasteiger partial charge >= 0.3 is 0 Å². The third-order valence-corrected chi connectivity index (χ3v) is 4.35. The van der Waals surface area contributed by atoms with Gasteiger partial charge < -0.3 is 0 Å². The molecule has 0 bridgehead atoms. The van der Waals surface area contributed by atoms with Crippen molar-refractivity contribution in [1.29, 1.82) is 0 Å². The number of rotatable bonds is 1. The van der Waals surface area contributed by atoms with Crippen LogP contribution in [-0.2, 0) is 0 Å². The van der Waals surface area contributed by atoms with Gasteiger partial charge in [-0.25, -0.2) is 4.68 Å². The lowest BCUT2D eigenvalue weighted by atomic mass is 10.2. The molecule has 0 N–H and O–H groups in total. The van der Waals surface area contributed by atoms with E-state index in [1.165, 1.54) is 0 Å². The first-order valence-electron chi connectivity index (χ1n) is 6.29. The van der Waals surface area contributed by atoms with Gasteiger partial charge in [0.05, 0.1) is 5.52 Å². The summed E-state index contributed by atoms with van der Waals surface area (Å²) >= 11 is 1.57. The summed E-state index contributed by atoms with van der Waals surface area (Å²) in [5.74, 6) is 0. The van der Waals surface area contributed by atoms with Crippen LogP contribution in [0, 0.1) is 0 Å². The molecule has 0 aliphatic rings. The van der Waals surface area contributed by atoms with E-state index in [1.807, 2.05) is 54.7 Å². The topological polar surface area (TPSA) is 34.9 Å². The fourth-order valence-corrected chi connectivity index (χ4v) is 3.29. The second kappa shape index (κ2) is 4.28. The Morgan fingerprint density at radius 2 is 1.80 bits per heavy atom. The van der Waals surface area contributed by atoms with Crippen LogP contribution in [-0.4, -0.2) is 9.78 Å². The molecule has 0 unspecified atom stereocenters. The number of benzene rings is 2. The van der Waals surface area contributed by atoms with Crippen molar-refractivity contribution in [3.63, 3.8) is 0 Å². The van der Waals surface area contributed by atoms with E-state index in [4.69, 9.17) is 0 Å². The molecule has 0 saturated carbocycles. The Hall–Kier alpha value is -2.46. The number of hydrogen-bond acceptors (Lipinski definition) is 3. The molecule has 0 aliphatic heterocycles. The molecule has 0 amide bonds. The minimum Gasteiger partial charge on any atom is -0.289 e. The van der Waals surface area contributed by atoms with Crippen LogP contribution in [0.5, 0.6) is 0 Å². The summed E-state index contributed by atoms with van der Waals surface area (Å²) in [6, 6.07) is 17.2. The predicted molar refractivity (Wildman–Crippen MR) is 82.7 cm³/mol. The van der Waals surface area contributed by atoms with Crippen LogP contribution in [0.4, 0.5) is 0 Å². The molecule has 0 radical (unpaired) electrons. The minimum absolute atomic E-state index is 0.0360. The molecule has 2 aromatic carbocycles. The number of nitrogens with zero attached hydrogens (tertiary/aromatic N) is 2. The van der Waals surface area contributed by atoms with Crippen molar-refractivity contribution in [3.05, 3.63) is 71.0 Å². The van der Waals surface area contributed by atoms with Gasteiger partial charge in [0, 0.05) is 27.7 Å². The highest BCUT2D eigenvalue weighted by Gasteiger charge is 2.06. The Kier molecular flexibility index (Phi) is 2.44. The summed E-state index contributed by atoms with van der Waals surface area (Å²) in [7, 11) is 0. The molecule has 0 aliphatic carbocycles. The van der Waals surface area contributed by atoms with E-state index < -0.39 is 0 Å². The molecule has 4 heteroatoms. The summed E-state index contributed by atoms with van der Waals surface area (Å²) < 4.78 is 2.76. The van der Waals surface area contributed by atoms with E-state index in [0.29, 0.717) is 0 Å². The number of aromatic nitrogens is 2. The van der Waals surface area contributed by atoms with Crippen LogP contribution in [0.1, 0.15) is 0 Å². The van der Waals surface area contributed by atoms with Crippen LogP contribution in [0.15, 0.2) is 65.6 Å². The van der Waals surface area contributed by atoms with E-state index in [9.17, 15) is 4.79 Å². The van der Waals surface area contributed by atoms with Gasteiger partial charge in [-0.1, -0.05) is 30.3 Å². The van der Waals surface area contributed by atoms with Crippen LogP contribution >= 0.6 is 11.3 Å². The van der Waals surface area contributed by atoms with Crippen molar-refractivity contribution in [2.75, 3.05) is 0 Å². The van der Waals surface area contributed by atoms with Gasteiger partial charge in [0.15, 0.2) is 5.43 Å². The Morgan fingerprint density at radius 1 is 1.00 bits per heavy atom. The SMILES string of the molecule is O=c1cc(-n2cc3ccccc3n2)sc2ccccc12. The zero-order chi connectivity index (χ0) is 13.5. The van der Waals surface area contributed by atoms with E-state index in [0.717, 1.165) is 26.0 Å². The molecule has 4 aromatic rings. The Balaban J connectivity index is 1.99. The van der Waals surface area contributed by atoms with E-state index in [-0.39, 0.29) is 5.43 Å². The zero-order valence-corrected chi connectivity index (χ0v) is 11.3. The van der Waals surface area contributed by atoms with E-state index in [1.54, 1.807) is 22.1 Å². The monoisotopic (exact) mass is 278 g/mol. The largest absolute Gasteiger partial charge is 0.289 e. The average Bonchev–Trinajstić information content (AvgIpc) is 2.91. The van der Waals surface area contributed by atoms with Gasteiger partial charge in [-0.15, -0.1) is 11.3 Å². The molecule has 2 aromatic heterocycles. The molecular formula is C16H10N2OS. The molecule has 20 heavy (non-hydrogen) atoms. The highest BCUT2D eigenvalue weighted by atomic mass is 32.1. The zero-order valence-electron chi connectivity index (χ0n) is 10.5. The molecule has 0 fully saturated rings. The number of fused-ring (bicyclic) bond motifs is 2. The molecule has 0 atom stereocenters. The second-order valence-electron chi connectivity index (χ2n) is 4.58. The third kappa shape index (κ3) is 1.73. The maximum atomic E-state index is 12.2. The predicted octanol–water partition coefficient (Wildman–Crippen LogP) is 3.60. The van der Waals surface area contributed by atoms with E-state index in [2.05, 4.69) is 5.10 Å². The lowest BCUT2D eigenvalue weighted by molar-refractivity contribution is 0.913. The summed E-state index contributed by atoms with van der Waals surface area (Å²) in [6.45, 7) is 0. The quantitative estimate of drug-likeness (QED) is 0.533. The highest BCUT2D eigenvalue weighted by Crippen LogP contribution is 2.23. The fourth-order valence-electron chi connectivity index (χ4n) is 2.28. The van der Waals surface area contributed by atoms with Crippen LogP contribution < -0.4 is 5.43 Å². The molecule has 96 valence electrons. The van der Waals surface area contributed by atoms with E-state index >= 15 is 0 Å². The van der Waals surface area contributed by atoms with Crippen molar-refractivity contribution in [3.8, 4) is 5.00 Å². The van der Waals surface area contributed by atoms with Gasteiger partial charge in [-0.2, -0.15) is 5.10 Å². The van der Waals surface area contributed by atoms with Crippen LogP contribution in [0.2, 0.25) is 0 Å². The smallest absolute Gasteiger partial charge is 0.190 e. The Morgan fingerprint density at radius 3 is 2.70 bits per heavy atom. The van der Waals surface area contributed by atoms with Crippen molar-refractivity contribution >= 4 is 32.3 Å².